The molecule has 0 saturated heterocycles. The van der Waals surface area contributed by atoms with Crippen LogP contribution in [0.5, 0.6) is 0 Å². The fraction of sp³-hybridized carbons (Fsp3) is 0.154. The lowest BCUT2D eigenvalue weighted by atomic mass is 10.2. The molecule has 0 aliphatic heterocycles. The third-order valence-electron chi connectivity index (χ3n) is 2.77. The fourth-order valence-corrected chi connectivity index (χ4v) is 1.82. The van der Waals surface area contributed by atoms with Crippen molar-refractivity contribution in [3.63, 3.8) is 0 Å². The van der Waals surface area contributed by atoms with E-state index in [9.17, 15) is 14.4 Å². The standard InChI is InChI=1S/C13H11ClN2O3/c1-8(17)11-7-16(13(19)15(2)12(11)18)10-5-3-9(14)4-6-10/h3-7H,1-2H3. The number of aromatic nitrogens is 2. The summed E-state index contributed by atoms with van der Waals surface area (Å²) >= 11 is 5.78. The topological polar surface area (TPSA) is 61.1 Å². The molecule has 0 spiro atoms. The number of rotatable bonds is 2. The van der Waals surface area contributed by atoms with Crippen molar-refractivity contribution >= 4 is 17.4 Å². The van der Waals surface area contributed by atoms with Crippen LogP contribution in [-0.2, 0) is 7.05 Å². The molecule has 0 atom stereocenters. The number of hydrogen-bond acceptors (Lipinski definition) is 3. The highest BCUT2D eigenvalue weighted by molar-refractivity contribution is 6.30. The van der Waals surface area contributed by atoms with Gasteiger partial charge in [0.2, 0.25) is 0 Å². The number of hydrogen-bond donors (Lipinski definition) is 0. The molecule has 0 amide bonds. The number of carbonyl (C=O) groups excluding carboxylic acids is 1. The van der Waals surface area contributed by atoms with Gasteiger partial charge in [-0.05, 0) is 31.2 Å². The lowest BCUT2D eigenvalue weighted by Crippen LogP contribution is -2.39. The smallest absolute Gasteiger partial charge is 0.294 e. The van der Waals surface area contributed by atoms with E-state index in [1.165, 1.54) is 24.7 Å². The van der Waals surface area contributed by atoms with Gasteiger partial charge < -0.3 is 0 Å². The fourth-order valence-electron chi connectivity index (χ4n) is 1.70. The largest absolute Gasteiger partial charge is 0.335 e. The summed E-state index contributed by atoms with van der Waals surface area (Å²) in [6, 6.07) is 6.53. The molecule has 0 saturated carbocycles. The van der Waals surface area contributed by atoms with Crippen molar-refractivity contribution in [2.24, 2.45) is 7.05 Å². The first-order valence-corrected chi connectivity index (χ1v) is 5.89. The van der Waals surface area contributed by atoms with Gasteiger partial charge in [0, 0.05) is 18.3 Å². The molecule has 1 heterocycles. The predicted molar refractivity (Wildman–Crippen MR) is 72.3 cm³/mol. The lowest BCUT2D eigenvalue weighted by molar-refractivity contribution is 0.101. The van der Waals surface area contributed by atoms with Crippen molar-refractivity contribution in [3.05, 3.63) is 61.9 Å². The summed E-state index contributed by atoms with van der Waals surface area (Å²) in [5.41, 5.74) is -0.607. The highest BCUT2D eigenvalue weighted by Crippen LogP contribution is 2.11. The summed E-state index contributed by atoms with van der Waals surface area (Å²) in [4.78, 5) is 35.2. The quantitative estimate of drug-likeness (QED) is 0.780. The van der Waals surface area contributed by atoms with Crippen LogP contribution >= 0.6 is 11.6 Å². The first kappa shape index (κ1) is 13.3. The number of halogens is 1. The van der Waals surface area contributed by atoms with Crippen molar-refractivity contribution < 1.29 is 4.79 Å². The van der Waals surface area contributed by atoms with E-state index in [1.807, 2.05) is 0 Å². The van der Waals surface area contributed by atoms with Crippen molar-refractivity contribution in [2.45, 2.75) is 6.92 Å². The second-order valence-electron chi connectivity index (χ2n) is 4.09. The molecule has 0 fully saturated rings. The second kappa shape index (κ2) is 4.85. The average molecular weight is 279 g/mol. The molecule has 0 unspecified atom stereocenters. The Hall–Kier alpha value is -2.14. The summed E-state index contributed by atoms with van der Waals surface area (Å²) in [5.74, 6) is -0.386. The normalized spacial score (nSPS) is 10.5. The molecule has 1 aromatic carbocycles. The van der Waals surface area contributed by atoms with Crippen molar-refractivity contribution in [3.8, 4) is 5.69 Å². The van der Waals surface area contributed by atoms with Crippen LogP contribution in [0.1, 0.15) is 17.3 Å². The van der Waals surface area contributed by atoms with Gasteiger partial charge in [-0.25, -0.2) is 4.79 Å². The summed E-state index contributed by atoms with van der Waals surface area (Å²) in [6.45, 7) is 1.29. The molecular formula is C13H11ClN2O3. The number of nitrogens with zero attached hydrogens (tertiary/aromatic N) is 2. The lowest BCUT2D eigenvalue weighted by Gasteiger charge is -2.09. The number of benzene rings is 1. The van der Waals surface area contributed by atoms with E-state index in [0.29, 0.717) is 10.7 Å². The number of carbonyl (C=O) groups is 1. The summed E-state index contributed by atoms with van der Waals surface area (Å²) < 4.78 is 2.15. The molecule has 2 aromatic rings. The Morgan fingerprint density at radius 2 is 1.74 bits per heavy atom. The monoisotopic (exact) mass is 278 g/mol. The Morgan fingerprint density at radius 1 is 1.16 bits per heavy atom. The molecular weight excluding hydrogens is 268 g/mol. The average Bonchev–Trinajstić information content (AvgIpc) is 2.37. The first-order valence-electron chi connectivity index (χ1n) is 5.51. The summed E-state index contributed by atoms with van der Waals surface area (Å²) in [7, 11) is 1.34. The SMILES string of the molecule is CC(=O)c1cn(-c2ccc(Cl)cc2)c(=O)n(C)c1=O. The van der Waals surface area contributed by atoms with Crippen molar-refractivity contribution in [1.82, 2.24) is 9.13 Å². The van der Waals surface area contributed by atoms with Crippen LogP contribution in [0.25, 0.3) is 5.69 Å². The molecule has 0 bridgehead atoms. The van der Waals surface area contributed by atoms with E-state index in [-0.39, 0.29) is 11.3 Å². The van der Waals surface area contributed by atoms with Crippen LogP contribution < -0.4 is 11.2 Å². The van der Waals surface area contributed by atoms with Crippen LogP contribution in [0.2, 0.25) is 5.02 Å². The zero-order valence-corrected chi connectivity index (χ0v) is 11.1. The van der Waals surface area contributed by atoms with E-state index in [2.05, 4.69) is 0 Å². The van der Waals surface area contributed by atoms with Crippen LogP contribution in [0.3, 0.4) is 0 Å². The van der Waals surface area contributed by atoms with Crippen LogP contribution in [0.15, 0.2) is 40.1 Å². The van der Waals surface area contributed by atoms with Gasteiger partial charge in [-0.15, -0.1) is 0 Å². The Bertz CT molecular complexity index is 757. The Balaban J connectivity index is 2.78. The number of ketones is 1. The molecule has 1 aromatic heterocycles. The Morgan fingerprint density at radius 3 is 2.26 bits per heavy atom. The maximum atomic E-state index is 12.0. The number of Topliss-reactive ketones (excluding diaryl/α,β-unsaturated/α-hetero) is 1. The van der Waals surface area contributed by atoms with E-state index in [4.69, 9.17) is 11.6 Å². The van der Waals surface area contributed by atoms with Gasteiger partial charge in [0.05, 0.1) is 11.3 Å². The highest BCUT2D eigenvalue weighted by Gasteiger charge is 2.13. The van der Waals surface area contributed by atoms with E-state index >= 15 is 0 Å². The molecule has 98 valence electrons. The van der Waals surface area contributed by atoms with Gasteiger partial charge in [0.15, 0.2) is 5.78 Å². The first-order chi connectivity index (χ1) is 8.91. The third kappa shape index (κ3) is 2.37. The summed E-state index contributed by atoms with van der Waals surface area (Å²) in [6.07, 6.45) is 1.26. The summed E-state index contributed by atoms with van der Waals surface area (Å²) in [5, 5.41) is 0.536. The van der Waals surface area contributed by atoms with Crippen LogP contribution in [-0.4, -0.2) is 14.9 Å². The minimum absolute atomic E-state index is 0.0305. The maximum absolute atomic E-state index is 12.0. The highest BCUT2D eigenvalue weighted by atomic mass is 35.5. The van der Waals surface area contributed by atoms with Crippen molar-refractivity contribution in [1.29, 1.82) is 0 Å². The van der Waals surface area contributed by atoms with Gasteiger partial charge in [0.25, 0.3) is 5.56 Å². The van der Waals surface area contributed by atoms with Crippen molar-refractivity contribution in [2.75, 3.05) is 0 Å². The Labute approximate surface area is 113 Å². The molecule has 2 rings (SSSR count). The minimum atomic E-state index is -0.595. The molecule has 6 heteroatoms. The van der Waals surface area contributed by atoms with E-state index < -0.39 is 11.2 Å². The molecule has 0 N–H and O–H groups in total. The zero-order valence-electron chi connectivity index (χ0n) is 10.4. The molecule has 0 aliphatic rings. The second-order valence-corrected chi connectivity index (χ2v) is 4.53. The van der Waals surface area contributed by atoms with Gasteiger partial charge in [-0.1, -0.05) is 11.6 Å². The van der Waals surface area contributed by atoms with E-state index in [0.717, 1.165) is 4.57 Å². The minimum Gasteiger partial charge on any atom is -0.294 e. The van der Waals surface area contributed by atoms with Crippen LogP contribution in [0.4, 0.5) is 0 Å². The predicted octanol–water partition coefficient (Wildman–Crippen LogP) is 1.39. The Kier molecular flexibility index (Phi) is 3.40. The maximum Gasteiger partial charge on any atom is 0.335 e. The van der Waals surface area contributed by atoms with Gasteiger partial charge in [0.1, 0.15) is 0 Å². The molecule has 19 heavy (non-hydrogen) atoms. The third-order valence-corrected chi connectivity index (χ3v) is 3.02. The van der Waals surface area contributed by atoms with Gasteiger partial charge in [-0.2, -0.15) is 0 Å². The van der Waals surface area contributed by atoms with E-state index in [1.54, 1.807) is 24.3 Å². The molecule has 5 nitrogen and oxygen atoms in total. The van der Waals surface area contributed by atoms with Gasteiger partial charge >= 0.3 is 5.69 Å². The molecule has 0 aliphatic carbocycles. The zero-order chi connectivity index (χ0) is 14.2. The molecule has 0 radical (unpaired) electrons. The van der Waals surface area contributed by atoms with Crippen LogP contribution in [0, 0.1) is 0 Å². The van der Waals surface area contributed by atoms with Gasteiger partial charge in [-0.3, -0.25) is 18.7 Å².